The number of anilines is 1. The van der Waals surface area contributed by atoms with Crippen LogP contribution >= 0.6 is 0 Å². The molecular formula is C21H24F3N3O5S. The Morgan fingerprint density at radius 2 is 1.85 bits per heavy atom. The number of benzene rings is 1. The molecule has 2 aromatic rings. The van der Waals surface area contributed by atoms with Crippen molar-refractivity contribution in [2.24, 2.45) is 0 Å². The van der Waals surface area contributed by atoms with E-state index in [2.05, 4.69) is 15.0 Å². The maximum Gasteiger partial charge on any atom is 0.422 e. The molecule has 3 rings (SSSR count). The maximum atomic E-state index is 13.2. The van der Waals surface area contributed by atoms with Gasteiger partial charge in [0.25, 0.3) is 5.91 Å². The zero-order valence-corrected chi connectivity index (χ0v) is 18.7. The van der Waals surface area contributed by atoms with Crippen molar-refractivity contribution in [3.63, 3.8) is 0 Å². The van der Waals surface area contributed by atoms with Gasteiger partial charge < -0.3 is 14.8 Å². The quantitative estimate of drug-likeness (QED) is 0.608. The minimum Gasteiger partial charge on any atom is -0.492 e. The number of nitrogens with one attached hydrogen (secondary N) is 1. The van der Waals surface area contributed by atoms with Gasteiger partial charge in [0.15, 0.2) is 6.61 Å². The highest BCUT2D eigenvalue weighted by atomic mass is 32.2. The van der Waals surface area contributed by atoms with Gasteiger partial charge >= 0.3 is 6.18 Å². The van der Waals surface area contributed by atoms with Crippen LogP contribution in [0, 0.1) is 0 Å². The lowest BCUT2D eigenvalue weighted by Gasteiger charge is -2.27. The SMILES string of the molecule is CCOc1ccc(NC(=O)c2ccc(OCC(F)(F)F)nc2)cc1S(=O)(=O)N1CCCCC1. The summed E-state index contributed by atoms with van der Waals surface area (Å²) >= 11 is 0. The van der Waals surface area contributed by atoms with E-state index in [1.54, 1.807) is 6.92 Å². The number of carbonyl (C=O) groups is 1. The number of ether oxygens (including phenoxy) is 2. The molecule has 2 heterocycles. The molecule has 0 bridgehead atoms. The van der Waals surface area contributed by atoms with Gasteiger partial charge in [0.1, 0.15) is 10.6 Å². The van der Waals surface area contributed by atoms with Crippen LogP contribution in [0.3, 0.4) is 0 Å². The van der Waals surface area contributed by atoms with E-state index in [4.69, 9.17) is 4.74 Å². The maximum absolute atomic E-state index is 13.2. The van der Waals surface area contributed by atoms with Crippen molar-refractivity contribution in [2.45, 2.75) is 37.3 Å². The van der Waals surface area contributed by atoms with Crippen LogP contribution < -0.4 is 14.8 Å². The molecule has 1 fully saturated rings. The van der Waals surface area contributed by atoms with Crippen molar-refractivity contribution in [1.82, 2.24) is 9.29 Å². The first-order chi connectivity index (χ1) is 15.6. The average Bonchev–Trinajstić information content (AvgIpc) is 2.79. The van der Waals surface area contributed by atoms with Gasteiger partial charge in [-0.25, -0.2) is 13.4 Å². The highest BCUT2D eigenvalue weighted by Gasteiger charge is 2.30. The minimum absolute atomic E-state index is 0.0435. The van der Waals surface area contributed by atoms with Crippen LogP contribution in [-0.2, 0) is 10.0 Å². The molecule has 0 spiro atoms. The molecule has 0 aliphatic carbocycles. The number of sulfonamides is 1. The summed E-state index contributed by atoms with van der Waals surface area (Å²) in [5.74, 6) is -0.705. The minimum atomic E-state index is -4.50. The summed E-state index contributed by atoms with van der Waals surface area (Å²) in [6.45, 7) is 1.34. The Bertz CT molecular complexity index is 1070. The number of rotatable bonds is 8. The molecule has 1 aromatic carbocycles. The smallest absolute Gasteiger partial charge is 0.422 e. The van der Waals surface area contributed by atoms with Crippen molar-refractivity contribution in [3.05, 3.63) is 42.1 Å². The number of amides is 1. The second-order valence-corrected chi connectivity index (χ2v) is 9.21. The van der Waals surface area contributed by atoms with Crippen LogP contribution in [0.15, 0.2) is 41.4 Å². The van der Waals surface area contributed by atoms with Gasteiger partial charge in [-0.2, -0.15) is 17.5 Å². The second kappa shape index (κ2) is 10.4. The number of pyridine rings is 1. The van der Waals surface area contributed by atoms with E-state index in [0.717, 1.165) is 31.5 Å². The zero-order chi connectivity index (χ0) is 24.1. The van der Waals surface area contributed by atoms with Crippen LogP contribution in [0.5, 0.6) is 11.6 Å². The summed E-state index contributed by atoms with van der Waals surface area (Å²) in [6, 6.07) is 6.72. The van der Waals surface area contributed by atoms with Crippen LogP contribution in [-0.4, -0.2) is 56.1 Å². The van der Waals surface area contributed by atoms with E-state index in [9.17, 15) is 26.4 Å². The van der Waals surface area contributed by atoms with Crippen molar-refractivity contribution in [2.75, 3.05) is 31.6 Å². The summed E-state index contributed by atoms with van der Waals surface area (Å²) in [7, 11) is -3.83. The first-order valence-corrected chi connectivity index (χ1v) is 11.8. The average molecular weight is 488 g/mol. The third kappa shape index (κ3) is 6.57. The van der Waals surface area contributed by atoms with Gasteiger partial charge in [-0.3, -0.25) is 4.79 Å². The molecule has 8 nitrogen and oxygen atoms in total. The van der Waals surface area contributed by atoms with Crippen molar-refractivity contribution in [1.29, 1.82) is 0 Å². The number of halogens is 3. The summed E-state index contributed by atoms with van der Waals surface area (Å²) in [5, 5.41) is 2.58. The molecule has 1 amide bonds. The topological polar surface area (TPSA) is 97.8 Å². The molecule has 12 heteroatoms. The lowest BCUT2D eigenvalue weighted by molar-refractivity contribution is -0.154. The van der Waals surface area contributed by atoms with E-state index in [1.807, 2.05) is 0 Å². The predicted molar refractivity (Wildman–Crippen MR) is 114 cm³/mol. The summed E-state index contributed by atoms with van der Waals surface area (Å²) in [5.41, 5.74) is 0.278. The van der Waals surface area contributed by atoms with Crippen molar-refractivity contribution < 1.29 is 35.9 Å². The Hall–Kier alpha value is -2.86. The molecule has 0 radical (unpaired) electrons. The molecule has 33 heavy (non-hydrogen) atoms. The molecule has 180 valence electrons. The van der Waals surface area contributed by atoms with E-state index in [0.29, 0.717) is 13.1 Å². The first-order valence-electron chi connectivity index (χ1n) is 10.3. The fourth-order valence-electron chi connectivity index (χ4n) is 3.27. The van der Waals surface area contributed by atoms with Crippen LogP contribution in [0.1, 0.15) is 36.5 Å². The van der Waals surface area contributed by atoms with Crippen molar-refractivity contribution in [3.8, 4) is 11.6 Å². The van der Waals surface area contributed by atoms with Gasteiger partial charge in [-0.15, -0.1) is 0 Å². The van der Waals surface area contributed by atoms with Crippen LogP contribution in [0.2, 0.25) is 0 Å². The lowest BCUT2D eigenvalue weighted by Crippen LogP contribution is -2.35. The zero-order valence-electron chi connectivity index (χ0n) is 17.9. The van der Waals surface area contributed by atoms with E-state index < -0.39 is 28.7 Å². The van der Waals surface area contributed by atoms with Gasteiger partial charge in [-0.1, -0.05) is 6.42 Å². The molecule has 1 aromatic heterocycles. The third-order valence-corrected chi connectivity index (χ3v) is 6.74. The van der Waals surface area contributed by atoms with E-state index >= 15 is 0 Å². The fourth-order valence-corrected chi connectivity index (χ4v) is 4.94. The van der Waals surface area contributed by atoms with E-state index in [1.165, 1.54) is 28.6 Å². The monoisotopic (exact) mass is 487 g/mol. The van der Waals surface area contributed by atoms with E-state index in [-0.39, 0.29) is 34.4 Å². The molecule has 0 saturated carbocycles. The number of hydrogen-bond donors (Lipinski definition) is 1. The number of alkyl halides is 3. The fraction of sp³-hybridized carbons (Fsp3) is 0.429. The van der Waals surface area contributed by atoms with Crippen molar-refractivity contribution >= 4 is 21.6 Å². The molecular weight excluding hydrogens is 463 g/mol. The van der Waals surface area contributed by atoms with Crippen LogP contribution in [0.4, 0.5) is 18.9 Å². The lowest BCUT2D eigenvalue weighted by atomic mass is 10.2. The standard InChI is InChI=1S/C21H24F3N3O5S/c1-2-31-17-8-7-16(12-18(17)33(29,30)27-10-4-3-5-11-27)26-20(28)15-6-9-19(25-13-15)32-14-21(22,23)24/h6-9,12-13H,2-5,10-11,14H2,1H3,(H,26,28). The van der Waals surface area contributed by atoms with Gasteiger partial charge in [0, 0.05) is 31.0 Å². The van der Waals surface area contributed by atoms with Gasteiger partial charge in [0.05, 0.1) is 12.2 Å². The highest BCUT2D eigenvalue weighted by Crippen LogP contribution is 2.31. The molecule has 0 unspecified atom stereocenters. The molecule has 1 aliphatic heterocycles. The summed E-state index contributed by atoms with van der Waals surface area (Å²) in [4.78, 5) is 16.2. The number of hydrogen-bond acceptors (Lipinski definition) is 6. The third-order valence-electron chi connectivity index (χ3n) is 4.82. The van der Waals surface area contributed by atoms with Crippen LogP contribution in [0.25, 0.3) is 0 Å². The highest BCUT2D eigenvalue weighted by molar-refractivity contribution is 7.89. The second-order valence-electron chi connectivity index (χ2n) is 7.30. The number of carbonyl (C=O) groups excluding carboxylic acids is 1. The molecule has 1 N–H and O–H groups in total. The summed E-state index contributed by atoms with van der Waals surface area (Å²) < 4.78 is 74.5. The molecule has 1 saturated heterocycles. The Morgan fingerprint density at radius 1 is 1.12 bits per heavy atom. The molecule has 0 atom stereocenters. The Balaban J connectivity index is 1.78. The van der Waals surface area contributed by atoms with Gasteiger partial charge in [-0.05, 0) is 44.0 Å². The first kappa shape index (κ1) is 24.8. The Morgan fingerprint density at radius 3 is 2.45 bits per heavy atom. The Labute approximate surface area is 189 Å². The molecule has 1 aliphatic rings. The largest absolute Gasteiger partial charge is 0.492 e. The normalized spacial score (nSPS) is 15.2. The number of nitrogens with zero attached hydrogens (tertiary/aromatic N) is 2. The number of aromatic nitrogens is 1. The number of piperidine rings is 1. The predicted octanol–water partition coefficient (Wildman–Crippen LogP) is 3.85. The van der Waals surface area contributed by atoms with Gasteiger partial charge in [0.2, 0.25) is 15.9 Å². The summed E-state index contributed by atoms with van der Waals surface area (Å²) in [6.07, 6.45) is -0.919. The Kier molecular flexibility index (Phi) is 7.80.